The zero-order chi connectivity index (χ0) is 15.4. The van der Waals surface area contributed by atoms with Crippen LogP contribution in [-0.2, 0) is 0 Å². The van der Waals surface area contributed by atoms with E-state index in [1.807, 2.05) is 0 Å². The van der Waals surface area contributed by atoms with Crippen LogP contribution in [0, 0.1) is 22.7 Å². The summed E-state index contributed by atoms with van der Waals surface area (Å²) in [5, 5.41) is 10.7. The maximum absolute atomic E-state index is 10.7. The molecule has 2 fully saturated rings. The average molecular weight is 288 g/mol. The van der Waals surface area contributed by atoms with Gasteiger partial charge in [0, 0.05) is 5.41 Å². The third kappa shape index (κ3) is 2.23. The molecule has 0 amide bonds. The van der Waals surface area contributed by atoms with E-state index in [9.17, 15) is 5.11 Å². The van der Waals surface area contributed by atoms with Gasteiger partial charge in [0.15, 0.2) is 0 Å². The second-order valence-corrected chi connectivity index (χ2v) is 8.69. The van der Waals surface area contributed by atoms with E-state index in [0.29, 0.717) is 17.3 Å². The summed E-state index contributed by atoms with van der Waals surface area (Å²) in [7, 11) is 0. The van der Waals surface area contributed by atoms with E-state index in [1.165, 1.54) is 31.3 Å². The second kappa shape index (κ2) is 4.98. The molecule has 1 N–H and O–H groups in total. The molecule has 118 valence electrons. The largest absolute Gasteiger partial charge is 0.393 e. The van der Waals surface area contributed by atoms with Gasteiger partial charge in [-0.05, 0) is 62.2 Å². The highest BCUT2D eigenvalue weighted by Crippen LogP contribution is 2.60. The van der Waals surface area contributed by atoms with E-state index < -0.39 is 0 Å². The highest BCUT2D eigenvalue weighted by Gasteiger charge is 2.51. The fourth-order valence-electron chi connectivity index (χ4n) is 5.51. The molecule has 3 aliphatic rings. The molecule has 1 nitrogen and oxygen atoms in total. The van der Waals surface area contributed by atoms with Crippen LogP contribution in [0.3, 0.4) is 0 Å². The van der Waals surface area contributed by atoms with Gasteiger partial charge in [-0.2, -0.15) is 0 Å². The van der Waals surface area contributed by atoms with Crippen molar-refractivity contribution < 1.29 is 5.11 Å². The predicted octanol–water partition coefficient (Wildman–Crippen LogP) is 5.26. The topological polar surface area (TPSA) is 20.2 Å². The zero-order valence-corrected chi connectivity index (χ0v) is 14.3. The van der Waals surface area contributed by atoms with Crippen LogP contribution in [0.5, 0.6) is 0 Å². The molecule has 21 heavy (non-hydrogen) atoms. The van der Waals surface area contributed by atoms with E-state index in [1.54, 1.807) is 11.1 Å². The van der Waals surface area contributed by atoms with Crippen molar-refractivity contribution in [3.8, 4) is 0 Å². The SMILES string of the molecule is C=C1CC[C@@H](O)[C@@]2(C)CCC3=C(C(C)C)CC[C@]3(C)C[C@H]12. The molecule has 0 aromatic heterocycles. The minimum atomic E-state index is -0.140. The summed E-state index contributed by atoms with van der Waals surface area (Å²) in [4.78, 5) is 0. The minimum absolute atomic E-state index is 0.0533. The van der Waals surface area contributed by atoms with E-state index in [4.69, 9.17) is 0 Å². The van der Waals surface area contributed by atoms with Gasteiger partial charge in [0.05, 0.1) is 6.10 Å². The molecule has 0 spiro atoms. The standard InChI is InChI=1S/C20H32O/c1-13(2)15-8-10-19(4)12-17-14(3)6-7-18(21)20(17,5)11-9-16(15)19/h13,17-18,21H,3,6-12H2,1-2,4-5H3/t17-,18-,19-,20+/m1/s1. The molecule has 2 saturated carbocycles. The van der Waals surface area contributed by atoms with Crippen LogP contribution < -0.4 is 0 Å². The van der Waals surface area contributed by atoms with Crippen molar-refractivity contribution in [3.05, 3.63) is 23.3 Å². The predicted molar refractivity (Wildman–Crippen MR) is 89.0 cm³/mol. The smallest absolute Gasteiger partial charge is 0.0602 e. The van der Waals surface area contributed by atoms with Gasteiger partial charge in [-0.3, -0.25) is 0 Å². The van der Waals surface area contributed by atoms with Crippen molar-refractivity contribution in [2.75, 3.05) is 0 Å². The van der Waals surface area contributed by atoms with Crippen LogP contribution in [0.15, 0.2) is 23.3 Å². The number of fused-ring (bicyclic) bond motifs is 2. The molecule has 0 heterocycles. The van der Waals surface area contributed by atoms with E-state index in [0.717, 1.165) is 19.3 Å². The van der Waals surface area contributed by atoms with Gasteiger partial charge < -0.3 is 5.11 Å². The fraction of sp³-hybridized carbons (Fsp3) is 0.800. The maximum atomic E-state index is 10.7. The summed E-state index contributed by atoms with van der Waals surface area (Å²) in [5.41, 5.74) is 5.29. The Bertz CT molecular complexity index is 486. The van der Waals surface area contributed by atoms with Crippen molar-refractivity contribution in [2.45, 2.75) is 78.7 Å². The average Bonchev–Trinajstić information content (AvgIpc) is 2.69. The van der Waals surface area contributed by atoms with E-state index >= 15 is 0 Å². The molecule has 0 aromatic rings. The molecule has 0 aromatic carbocycles. The molecule has 0 saturated heterocycles. The molecule has 3 rings (SSSR count). The molecule has 1 heteroatoms. The quantitative estimate of drug-likeness (QED) is 0.653. The van der Waals surface area contributed by atoms with Gasteiger partial charge >= 0.3 is 0 Å². The maximum Gasteiger partial charge on any atom is 0.0602 e. The van der Waals surface area contributed by atoms with Crippen molar-refractivity contribution >= 4 is 0 Å². The Morgan fingerprint density at radius 3 is 2.52 bits per heavy atom. The molecule has 0 bridgehead atoms. The normalized spacial score (nSPS) is 43.8. The summed E-state index contributed by atoms with van der Waals surface area (Å²) in [6.45, 7) is 13.9. The highest BCUT2D eigenvalue weighted by molar-refractivity contribution is 5.32. The van der Waals surface area contributed by atoms with Crippen LogP contribution in [0.1, 0.15) is 72.6 Å². The number of hydrogen-bond donors (Lipinski definition) is 1. The lowest BCUT2D eigenvalue weighted by Gasteiger charge is -2.47. The monoisotopic (exact) mass is 288 g/mol. The van der Waals surface area contributed by atoms with Crippen LogP contribution >= 0.6 is 0 Å². The van der Waals surface area contributed by atoms with E-state index in [-0.39, 0.29) is 11.5 Å². The third-order valence-corrected chi connectivity index (χ3v) is 7.12. The van der Waals surface area contributed by atoms with Crippen molar-refractivity contribution in [1.82, 2.24) is 0 Å². The van der Waals surface area contributed by atoms with E-state index in [2.05, 4.69) is 34.3 Å². The second-order valence-electron chi connectivity index (χ2n) is 8.69. The Labute approximate surface area is 130 Å². The van der Waals surface area contributed by atoms with Crippen molar-refractivity contribution in [3.63, 3.8) is 0 Å². The fourth-order valence-corrected chi connectivity index (χ4v) is 5.51. The minimum Gasteiger partial charge on any atom is -0.393 e. The first kappa shape index (κ1) is 15.3. The molecular weight excluding hydrogens is 256 g/mol. The number of allylic oxidation sites excluding steroid dienone is 3. The number of rotatable bonds is 1. The van der Waals surface area contributed by atoms with Gasteiger partial charge in [-0.1, -0.05) is 51.0 Å². The van der Waals surface area contributed by atoms with Crippen LogP contribution in [0.4, 0.5) is 0 Å². The lowest BCUT2D eigenvalue weighted by Crippen LogP contribution is -2.44. The Kier molecular flexibility index (Phi) is 3.64. The molecule has 0 radical (unpaired) electrons. The number of aliphatic hydroxyl groups is 1. The van der Waals surface area contributed by atoms with Crippen LogP contribution in [0.2, 0.25) is 0 Å². The number of hydrogen-bond acceptors (Lipinski definition) is 1. The number of aliphatic hydroxyl groups excluding tert-OH is 1. The lowest BCUT2D eigenvalue weighted by atomic mass is 9.60. The molecule has 3 aliphatic carbocycles. The Morgan fingerprint density at radius 1 is 1.14 bits per heavy atom. The molecular formula is C20H32O. The first-order valence-corrected chi connectivity index (χ1v) is 8.86. The first-order valence-electron chi connectivity index (χ1n) is 8.86. The van der Waals surface area contributed by atoms with Gasteiger partial charge in [-0.25, -0.2) is 0 Å². The molecule has 4 atom stereocenters. The van der Waals surface area contributed by atoms with Crippen molar-refractivity contribution in [1.29, 1.82) is 0 Å². The summed E-state index contributed by atoms with van der Waals surface area (Å²) in [5.74, 6) is 1.19. The van der Waals surface area contributed by atoms with Gasteiger partial charge in [0.25, 0.3) is 0 Å². The summed E-state index contributed by atoms with van der Waals surface area (Å²) in [6, 6.07) is 0. The first-order chi connectivity index (χ1) is 9.78. The summed E-state index contributed by atoms with van der Waals surface area (Å²) < 4.78 is 0. The van der Waals surface area contributed by atoms with Gasteiger partial charge in [0.1, 0.15) is 0 Å². The molecule has 0 unspecified atom stereocenters. The van der Waals surface area contributed by atoms with Crippen LogP contribution in [0.25, 0.3) is 0 Å². The van der Waals surface area contributed by atoms with Gasteiger partial charge in [0.2, 0.25) is 0 Å². The Morgan fingerprint density at radius 2 is 1.86 bits per heavy atom. The highest BCUT2D eigenvalue weighted by atomic mass is 16.3. The Balaban J connectivity index is 2.02. The van der Waals surface area contributed by atoms with Gasteiger partial charge in [-0.15, -0.1) is 0 Å². The summed E-state index contributed by atoms with van der Waals surface area (Å²) >= 11 is 0. The zero-order valence-electron chi connectivity index (χ0n) is 14.3. The molecule has 0 aliphatic heterocycles. The summed E-state index contributed by atoms with van der Waals surface area (Å²) in [6.07, 6.45) is 7.95. The Hall–Kier alpha value is -0.560. The lowest BCUT2D eigenvalue weighted by molar-refractivity contribution is -0.0291. The third-order valence-electron chi connectivity index (χ3n) is 7.12. The van der Waals surface area contributed by atoms with Crippen molar-refractivity contribution in [2.24, 2.45) is 22.7 Å². The van der Waals surface area contributed by atoms with Crippen LogP contribution in [-0.4, -0.2) is 11.2 Å².